The lowest BCUT2D eigenvalue weighted by atomic mass is 9.89. The van der Waals surface area contributed by atoms with Crippen LogP contribution in [0.1, 0.15) is 94.3 Å². The van der Waals surface area contributed by atoms with Crippen molar-refractivity contribution >= 4 is 11.9 Å². The summed E-state index contributed by atoms with van der Waals surface area (Å²) in [6.07, 6.45) is 10.2. The number of rotatable bonds is 16. The van der Waals surface area contributed by atoms with Gasteiger partial charge in [0.1, 0.15) is 0 Å². The van der Waals surface area contributed by atoms with E-state index in [2.05, 4.69) is 6.92 Å². The Hall–Kier alpha value is -1.72. The molecule has 2 N–H and O–H groups in total. The van der Waals surface area contributed by atoms with E-state index < -0.39 is 18.0 Å². The predicted molar refractivity (Wildman–Crippen MR) is 115 cm³/mol. The van der Waals surface area contributed by atoms with Crippen molar-refractivity contribution in [3.05, 3.63) is 35.9 Å². The molecule has 0 aliphatic rings. The maximum Gasteiger partial charge on any atom is 0.345 e. The number of unbranched alkanes of at least 4 members (excludes halogenated alkanes) is 7. The number of aliphatic hydroxyl groups excluding tert-OH is 2. The SMILES string of the molecule is CCCCCCCCCC(CC(=O)OC(=O)c1ccccc1)C(O)CCCCO. The van der Waals surface area contributed by atoms with E-state index in [0.717, 1.165) is 19.3 Å². The summed E-state index contributed by atoms with van der Waals surface area (Å²) in [5.74, 6) is -1.46. The zero-order valence-electron chi connectivity index (χ0n) is 17.9. The smallest absolute Gasteiger partial charge is 0.345 e. The fourth-order valence-electron chi connectivity index (χ4n) is 3.49. The van der Waals surface area contributed by atoms with Crippen molar-refractivity contribution in [3.8, 4) is 0 Å². The van der Waals surface area contributed by atoms with Gasteiger partial charge in [-0.1, -0.05) is 70.1 Å². The van der Waals surface area contributed by atoms with Crippen molar-refractivity contribution in [2.24, 2.45) is 5.92 Å². The highest BCUT2D eigenvalue weighted by molar-refractivity contribution is 5.96. The standard InChI is InChI=1S/C24H38O5/c1-2-3-4-5-6-7-9-16-21(22(26)17-12-13-18-25)19-23(27)29-24(28)20-14-10-8-11-15-20/h8,10-11,14-15,21-22,25-26H,2-7,9,12-13,16-19H2,1H3. The summed E-state index contributed by atoms with van der Waals surface area (Å²) in [6, 6.07) is 8.44. The Balaban J connectivity index is 2.48. The largest absolute Gasteiger partial charge is 0.396 e. The molecule has 5 nitrogen and oxygen atoms in total. The molecule has 0 amide bonds. The van der Waals surface area contributed by atoms with Crippen LogP contribution >= 0.6 is 0 Å². The van der Waals surface area contributed by atoms with Crippen LogP contribution in [-0.4, -0.2) is 34.9 Å². The highest BCUT2D eigenvalue weighted by Crippen LogP contribution is 2.23. The summed E-state index contributed by atoms with van der Waals surface area (Å²) in [5, 5.41) is 19.5. The quantitative estimate of drug-likeness (QED) is 0.228. The minimum Gasteiger partial charge on any atom is -0.396 e. The van der Waals surface area contributed by atoms with Crippen LogP contribution in [-0.2, 0) is 9.53 Å². The van der Waals surface area contributed by atoms with E-state index in [0.29, 0.717) is 24.8 Å². The molecular formula is C24H38O5. The fraction of sp³-hybridized carbons (Fsp3) is 0.667. The Morgan fingerprint density at radius 3 is 2.17 bits per heavy atom. The van der Waals surface area contributed by atoms with E-state index in [1.54, 1.807) is 30.3 Å². The van der Waals surface area contributed by atoms with Gasteiger partial charge in [0.2, 0.25) is 0 Å². The second-order valence-corrected chi connectivity index (χ2v) is 7.79. The van der Waals surface area contributed by atoms with Crippen LogP contribution in [0.25, 0.3) is 0 Å². The van der Waals surface area contributed by atoms with E-state index in [9.17, 15) is 14.7 Å². The number of hydrogen-bond donors (Lipinski definition) is 2. The first kappa shape index (κ1) is 25.3. The molecule has 2 unspecified atom stereocenters. The summed E-state index contributed by atoms with van der Waals surface area (Å²) < 4.78 is 4.99. The van der Waals surface area contributed by atoms with Crippen LogP contribution < -0.4 is 0 Å². The number of benzene rings is 1. The third-order valence-electron chi connectivity index (χ3n) is 5.28. The second kappa shape index (κ2) is 16.1. The van der Waals surface area contributed by atoms with Crippen molar-refractivity contribution < 1.29 is 24.5 Å². The molecule has 2 atom stereocenters. The van der Waals surface area contributed by atoms with E-state index in [-0.39, 0.29) is 18.9 Å². The lowest BCUT2D eigenvalue weighted by Gasteiger charge is -2.22. The third-order valence-corrected chi connectivity index (χ3v) is 5.28. The summed E-state index contributed by atoms with van der Waals surface area (Å²) in [4.78, 5) is 24.4. The molecule has 0 saturated carbocycles. The summed E-state index contributed by atoms with van der Waals surface area (Å²) >= 11 is 0. The van der Waals surface area contributed by atoms with Gasteiger partial charge in [-0.05, 0) is 43.7 Å². The summed E-state index contributed by atoms with van der Waals surface area (Å²) in [5.41, 5.74) is 0.341. The van der Waals surface area contributed by atoms with Gasteiger partial charge in [0.15, 0.2) is 0 Å². The average Bonchev–Trinajstić information content (AvgIpc) is 2.72. The Morgan fingerprint density at radius 1 is 0.897 bits per heavy atom. The molecule has 0 saturated heterocycles. The molecule has 0 heterocycles. The summed E-state index contributed by atoms with van der Waals surface area (Å²) in [7, 11) is 0. The lowest BCUT2D eigenvalue weighted by Crippen LogP contribution is -2.25. The molecule has 164 valence electrons. The Morgan fingerprint density at radius 2 is 1.52 bits per heavy atom. The molecule has 0 bridgehead atoms. The van der Waals surface area contributed by atoms with Crippen molar-refractivity contribution in [1.29, 1.82) is 0 Å². The predicted octanol–water partition coefficient (Wildman–Crippen LogP) is 5.04. The molecule has 5 heteroatoms. The minimum absolute atomic E-state index is 0.0364. The van der Waals surface area contributed by atoms with Crippen LogP contribution in [0.2, 0.25) is 0 Å². The normalized spacial score (nSPS) is 13.1. The fourth-order valence-corrected chi connectivity index (χ4v) is 3.49. The molecule has 1 aromatic carbocycles. The van der Waals surface area contributed by atoms with Gasteiger partial charge in [-0.25, -0.2) is 4.79 Å². The molecule has 0 aliphatic carbocycles. The molecule has 0 spiro atoms. The first-order valence-electron chi connectivity index (χ1n) is 11.2. The number of aliphatic hydroxyl groups is 2. The van der Waals surface area contributed by atoms with Gasteiger partial charge < -0.3 is 14.9 Å². The van der Waals surface area contributed by atoms with Crippen LogP contribution in [0.4, 0.5) is 0 Å². The van der Waals surface area contributed by atoms with Gasteiger partial charge in [-0.15, -0.1) is 0 Å². The molecule has 0 fully saturated rings. The zero-order valence-corrected chi connectivity index (χ0v) is 17.9. The monoisotopic (exact) mass is 406 g/mol. The maximum atomic E-state index is 12.3. The molecule has 1 rings (SSSR count). The van der Waals surface area contributed by atoms with Crippen molar-refractivity contribution in [1.82, 2.24) is 0 Å². The highest BCUT2D eigenvalue weighted by Gasteiger charge is 2.24. The van der Waals surface area contributed by atoms with Gasteiger partial charge in [0.25, 0.3) is 0 Å². The van der Waals surface area contributed by atoms with Crippen LogP contribution in [0.15, 0.2) is 30.3 Å². The van der Waals surface area contributed by atoms with Crippen molar-refractivity contribution in [2.45, 2.75) is 90.1 Å². The van der Waals surface area contributed by atoms with Gasteiger partial charge in [-0.3, -0.25) is 4.79 Å². The van der Waals surface area contributed by atoms with E-state index in [1.165, 1.54) is 32.1 Å². The van der Waals surface area contributed by atoms with Gasteiger partial charge >= 0.3 is 11.9 Å². The van der Waals surface area contributed by atoms with Crippen LogP contribution in [0.3, 0.4) is 0 Å². The number of esters is 2. The van der Waals surface area contributed by atoms with E-state index >= 15 is 0 Å². The van der Waals surface area contributed by atoms with E-state index in [1.807, 2.05) is 0 Å². The van der Waals surface area contributed by atoms with Gasteiger partial charge in [0, 0.05) is 6.61 Å². The summed E-state index contributed by atoms with van der Waals surface area (Å²) in [6.45, 7) is 2.30. The molecule has 0 aromatic heterocycles. The van der Waals surface area contributed by atoms with Gasteiger partial charge in [-0.2, -0.15) is 0 Å². The zero-order chi connectivity index (χ0) is 21.3. The number of carbonyl (C=O) groups excluding carboxylic acids is 2. The first-order chi connectivity index (χ1) is 14.1. The highest BCUT2D eigenvalue weighted by atomic mass is 16.6. The maximum absolute atomic E-state index is 12.3. The third kappa shape index (κ3) is 11.8. The van der Waals surface area contributed by atoms with Gasteiger partial charge in [0.05, 0.1) is 18.1 Å². The van der Waals surface area contributed by atoms with Crippen LogP contribution in [0.5, 0.6) is 0 Å². The number of carbonyl (C=O) groups is 2. The van der Waals surface area contributed by atoms with Crippen molar-refractivity contribution in [3.63, 3.8) is 0 Å². The lowest BCUT2D eigenvalue weighted by molar-refractivity contribution is -0.140. The van der Waals surface area contributed by atoms with Crippen LogP contribution in [0, 0.1) is 5.92 Å². The Kier molecular flexibility index (Phi) is 14.1. The average molecular weight is 407 g/mol. The first-order valence-corrected chi connectivity index (χ1v) is 11.2. The Labute approximate surface area is 175 Å². The van der Waals surface area contributed by atoms with E-state index in [4.69, 9.17) is 9.84 Å². The molecule has 0 radical (unpaired) electrons. The number of ether oxygens (including phenoxy) is 1. The molecule has 29 heavy (non-hydrogen) atoms. The number of hydrogen-bond acceptors (Lipinski definition) is 5. The Bertz CT molecular complexity index is 558. The topological polar surface area (TPSA) is 83.8 Å². The van der Waals surface area contributed by atoms with Crippen molar-refractivity contribution in [2.75, 3.05) is 6.61 Å². The minimum atomic E-state index is -0.653. The second-order valence-electron chi connectivity index (χ2n) is 7.79. The molecule has 0 aliphatic heterocycles. The molecule has 1 aromatic rings. The molecular weight excluding hydrogens is 368 g/mol.